The quantitative estimate of drug-likeness (QED) is 0.765. The number of aromatic carboxylic acids is 1. The molecule has 1 aromatic heterocycles. The van der Waals surface area contributed by atoms with E-state index in [0.29, 0.717) is 26.2 Å². The lowest BCUT2D eigenvalue weighted by Crippen LogP contribution is -2.50. The standard InChI is InChI=1S/C14H19BrN4O5/c1-14(2,3)24-13(23)19-6-4-18(5-7-19)12-16-9(11(21)22)8(15)10(20)17-12/h4-7H2,1-3H3,(H,21,22)(H,16,17,20). The molecule has 1 aliphatic rings. The number of amides is 1. The Morgan fingerprint density at radius 2 is 1.83 bits per heavy atom. The Kier molecular flexibility index (Phi) is 5.16. The summed E-state index contributed by atoms with van der Waals surface area (Å²) in [6.07, 6.45) is -0.398. The van der Waals surface area contributed by atoms with E-state index in [0.717, 1.165) is 0 Å². The van der Waals surface area contributed by atoms with E-state index < -0.39 is 23.2 Å². The average molecular weight is 403 g/mol. The maximum absolute atomic E-state index is 12.0. The molecule has 9 nitrogen and oxygen atoms in total. The highest BCUT2D eigenvalue weighted by Crippen LogP contribution is 2.16. The highest BCUT2D eigenvalue weighted by molar-refractivity contribution is 9.10. The zero-order valence-corrected chi connectivity index (χ0v) is 15.2. The van der Waals surface area contributed by atoms with Crippen LogP contribution in [0.25, 0.3) is 0 Å². The molecule has 1 aliphatic heterocycles. The number of carbonyl (C=O) groups excluding carboxylic acids is 1. The number of aromatic nitrogens is 2. The number of piperazine rings is 1. The van der Waals surface area contributed by atoms with Gasteiger partial charge in [0.1, 0.15) is 10.1 Å². The number of carboxylic acid groups (broad SMARTS) is 1. The Morgan fingerprint density at radius 1 is 1.25 bits per heavy atom. The van der Waals surface area contributed by atoms with E-state index in [4.69, 9.17) is 9.84 Å². The van der Waals surface area contributed by atoms with Gasteiger partial charge < -0.3 is 19.6 Å². The van der Waals surface area contributed by atoms with E-state index in [1.54, 1.807) is 30.6 Å². The van der Waals surface area contributed by atoms with Gasteiger partial charge in [0.05, 0.1) is 0 Å². The number of nitrogens with zero attached hydrogens (tertiary/aromatic N) is 3. The highest BCUT2D eigenvalue weighted by Gasteiger charge is 2.27. The van der Waals surface area contributed by atoms with Crippen molar-refractivity contribution in [1.29, 1.82) is 0 Å². The minimum absolute atomic E-state index is 0.119. The van der Waals surface area contributed by atoms with E-state index in [1.165, 1.54) is 0 Å². The first kappa shape index (κ1) is 18.2. The van der Waals surface area contributed by atoms with Crippen molar-refractivity contribution in [3.8, 4) is 0 Å². The van der Waals surface area contributed by atoms with Crippen LogP contribution in [0.3, 0.4) is 0 Å². The van der Waals surface area contributed by atoms with Crippen molar-refractivity contribution in [3.63, 3.8) is 0 Å². The van der Waals surface area contributed by atoms with Crippen molar-refractivity contribution in [2.45, 2.75) is 26.4 Å². The number of halogens is 1. The first-order chi connectivity index (χ1) is 11.1. The van der Waals surface area contributed by atoms with Gasteiger partial charge in [-0.3, -0.25) is 9.78 Å². The van der Waals surface area contributed by atoms with Gasteiger partial charge in [-0.1, -0.05) is 0 Å². The average Bonchev–Trinajstić information content (AvgIpc) is 2.48. The van der Waals surface area contributed by atoms with Gasteiger partial charge in [-0.15, -0.1) is 0 Å². The lowest BCUT2D eigenvalue weighted by atomic mass is 10.2. The summed E-state index contributed by atoms with van der Waals surface area (Å²) in [7, 11) is 0. The molecule has 2 rings (SSSR count). The monoisotopic (exact) mass is 402 g/mol. The largest absolute Gasteiger partial charge is 0.476 e. The van der Waals surface area contributed by atoms with Crippen molar-refractivity contribution in [2.75, 3.05) is 31.1 Å². The van der Waals surface area contributed by atoms with Crippen LogP contribution in [0.1, 0.15) is 31.3 Å². The van der Waals surface area contributed by atoms with Crippen molar-refractivity contribution in [1.82, 2.24) is 14.9 Å². The normalized spacial score (nSPS) is 15.3. The predicted octanol–water partition coefficient (Wildman–Crippen LogP) is 1.29. The first-order valence-electron chi connectivity index (χ1n) is 7.34. The Morgan fingerprint density at radius 3 is 2.33 bits per heavy atom. The summed E-state index contributed by atoms with van der Waals surface area (Å²) >= 11 is 2.92. The van der Waals surface area contributed by atoms with E-state index >= 15 is 0 Å². The third kappa shape index (κ3) is 4.25. The van der Waals surface area contributed by atoms with Crippen LogP contribution in [0, 0.1) is 0 Å². The number of nitrogens with one attached hydrogen (secondary N) is 1. The molecule has 2 N–H and O–H groups in total. The summed E-state index contributed by atoms with van der Waals surface area (Å²) in [5.74, 6) is -1.12. The predicted molar refractivity (Wildman–Crippen MR) is 89.5 cm³/mol. The molecule has 0 radical (unpaired) electrons. The Balaban J connectivity index is 2.09. The molecule has 2 heterocycles. The number of hydrogen-bond acceptors (Lipinski definition) is 6. The molecule has 0 bridgehead atoms. The molecular weight excluding hydrogens is 384 g/mol. The van der Waals surface area contributed by atoms with Crippen LogP contribution in [-0.2, 0) is 4.74 Å². The van der Waals surface area contributed by atoms with E-state index in [-0.39, 0.29) is 16.1 Å². The smallest absolute Gasteiger partial charge is 0.410 e. The van der Waals surface area contributed by atoms with Crippen LogP contribution < -0.4 is 10.5 Å². The van der Waals surface area contributed by atoms with Gasteiger partial charge in [-0.2, -0.15) is 0 Å². The van der Waals surface area contributed by atoms with Crippen LogP contribution >= 0.6 is 15.9 Å². The molecule has 0 aromatic carbocycles. The summed E-state index contributed by atoms with van der Waals surface area (Å²) < 4.78 is 5.20. The summed E-state index contributed by atoms with van der Waals surface area (Å²) in [4.78, 5) is 44.8. The Hall–Kier alpha value is -2.10. The summed E-state index contributed by atoms with van der Waals surface area (Å²) in [6, 6.07) is 0. The lowest BCUT2D eigenvalue weighted by Gasteiger charge is -2.35. The maximum atomic E-state index is 12.0. The van der Waals surface area contributed by atoms with Crippen LogP contribution in [0.2, 0.25) is 0 Å². The van der Waals surface area contributed by atoms with E-state index in [9.17, 15) is 14.4 Å². The number of aromatic amines is 1. The van der Waals surface area contributed by atoms with Crippen molar-refractivity contribution >= 4 is 33.9 Å². The summed E-state index contributed by atoms with van der Waals surface area (Å²) in [5.41, 5.74) is -1.47. The van der Waals surface area contributed by atoms with Gasteiger partial charge >= 0.3 is 12.1 Å². The van der Waals surface area contributed by atoms with Crippen LogP contribution in [0.5, 0.6) is 0 Å². The van der Waals surface area contributed by atoms with Gasteiger partial charge in [-0.25, -0.2) is 14.6 Å². The maximum Gasteiger partial charge on any atom is 0.410 e. The first-order valence-corrected chi connectivity index (χ1v) is 8.14. The fraction of sp³-hybridized carbons (Fsp3) is 0.571. The topological polar surface area (TPSA) is 116 Å². The second kappa shape index (κ2) is 6.80. The number of H-pyrrole nitrogens is 1. The number of carboxylic acids is 1. The second-order valence-corrected chi connectivity index (χ2v) is 7.10. The molecular formula is C14H19BrN4O5. The molecule has 10 heteroatoms. The minimum atomic E-state index is -1.29. The Bertz CT molecular complexity index is 704. The molecule has 24 heavy (non-hydrogen) atoms. The molecule has 1 amide bonds. The molecule has 0 atom stereocenters. The lowest BCUT2D eigenvalue weighted by molar-refractivity contribution is 0.0240. The molecule has 1 aromatic rings. The highest BCUT2D eigenvalue weighted by atomic mass is 79.9. The number of anilines is 1. The van der Waals surface area contributed by atoms with Gasteiger partial charge in [0.2, 0.25) is 5.95 Å². The zero-order chi connectivity index (χ0) is 18.1. The van der Waals surface area contributed by atoms with Crippen LogP contribution in [-0.4, -0.2) is 63.8 Å². The third-order valence-corrected chi connectivity index (χ3v) is 4.02. The molecule has 0 aliphatic carbocycles. The van der Waals surface area contributed by atoms with Crippen molar-refractivity contribution in [3.05, 3.63) is 20.5 Å². The summed E-state index contributed by atoms with van der Waals surface area (Å²) in [5, 5.41) is 9.10. The fourth-order valence-electron chi connectivity index (χ4n) is 2.17. The van der Waals surface area contributed by atoms with Gasteiger partial charge in [0, 0.05) is 26.2 Å². The van der Waals surface area contributed by atoms with E-state index in [2.05, 4.69) is 25.9 Å². The molecule has 1 fully saturated rings. The molecule has 0 unspecified atom stereocenters. The third-order valence-electron chi connectivity index (χ3n) is 3.28. The molecule has 1 saturated heterocycles. The number of hydrogen-bond donors (Lipinski definition) is 2. The fourth-order valence-corrected chi connectivity index (χ4v) is 2.52. The van der Waals surface area contributed by atoms with Gasteiger partial charge in [-0.05, 0) is 36.7 Å². The zero-order valence-electron chi connectivity index (χ0n) is 13.6. The number of rotatable bonds is 2. The van der Waals surface area contributed by atoms with Crippen LogP contribution in [0.15, 0.2) is 9.27 Å². The minimum Gasteiger partial charge on any atom is -0.476 e. The van der Waals surface area contributed by atoms with Crippen molar-refractivity contribution in [2.24, 2.45) is 0 Å². The SMILES string of the molecule is CC(C)(C)OC(=O)N1CCN(c2nc(C(=O)O)c(Br)c(=O)[nH]2)CC1. The van der Waals surface area contributed by atoms with Crippen LogP contribution in [0.4, 0.5) is 10.7 Å². The van der Waals surface area contributed by atoms with E-state index in [1.807, 2.05) is 0 Å². The summed E-state index contributed by atoms with van der Waals surface area (Å²) in [6.45, 7) is 6.97. The van der Waals surface area contributed by atoms with Gasteiger partial charge in [0.25, 0.3) is 5.56 Å². The molecule has 0 saturated carbocycles. The van der Waals surface area contributed by atoms with Gasteiger partial charge in [0.15, 0.2) is 5.69 Å². The molecule has 0 spiro atoms. The van der Waals surface area contributed by atoms with Crippen molar-refractivity contribution < 1.29 is 19.4 Å². The second-order valence-electron chi connectivity index (χ2n) is 6.31. The number of carbonyl (C=O) groups is 2. The Labute approximate surface area is 146 Å². The number of ether oxygens (including phenoxy) is 1. The molecule has 132 valence electrons.